The summed E-state index contributed by atoms with van der Waals surface area (Å²) in [5.74, 6) is -0.372. The summed E-state index contributed by atoms with van der Waals surface area (Å²) in [6.07, 6.45) is 1.02. The number of nitrogens with zero attached hydrogens (tertiary/aromatic N) is 7. The summed E-state index contributed by atoms with van der Waals surface area (Å²) < 4.78 is 0. The lowest BCUT2D eigenvalue weighted by Crippen LogP contribution is -2.63. The van der Waals surface area contributed by atoms with Crippen molar-refractivity contribution in [2.24, 2.45) is 15.4 Å². The van der Waals surface area contributed by atoms with Gasteiger partial charge in [-0.15, -0.1) is 5.12 Å². The number of likely N-dealkylation sites (N-methyl/N-ethyl adjacent to an activating group) is 2. The Bertz CT molecular complexity index is 742. The molecule has 0 aromatic heterocycles. The Hall–Kier alpha value is -2.97. The summed E-state index contributed by atoms with van der Waals surface area (Å²) in [5.41, 5.74) is 2.05. The smallest absolute Gasteiger partial charge is 0.328 e. The minimum absolute atomic E-state index is 0.372. The van der Waals surface area contributed by atoms with Crippen molar-refractivity contribution in [3.63, 3.8) is 0 Å². The highest BCUT2D eigenvalue weighted by Gasteiger charge is 2.50. The Balaban J connectivity index is 1.74. The monoisotopic (exact) mass is 357 g/mol. The maximum atomic E-state index is 12.2. The van der Waals surface area contributed by atoms with Crippen LogP contribution in [0.2, 0.25) is 0 Å². The number of hydrazone groups is 1. The zero-order valence-corrected chi connectivity index (χ0v) is 15.4. The average molecular weight is 357 g/mol. The fourth-order valence-corrected chi connectivity index (χ4v) is 3.11. The van der Waals surface area contributed by atoms with Gasteiger partial charge in [-0.2, -0.15) is 10.2 Å². The van der Waals surface area contributed by atoms with Gasteiger partial charge in [-0.05, 0) is 31.5 Å². The molecule has 2 aliphatic heterocycles. The van der Waals surface area contributed by atoms with Gasteiger partial charge in [0.15, 0.2) is 12.2 Å². The largest absolute Gasteiger partial charge is 0.372 e. The van der Waals surface area contributed by atoms with Gasteiger partial charge in [-0.25, -0.2) is 4.79 Å². The number of amides is 3. The third kappa shape index (κ3) is 3.00. The number of fused-ring (bicyclic) bond motifs is 1. The lowest BCUT2D eigenvalue weighted by molar-refractivity contribution is -0.134. The van der Waals surface area contributed by atoms with Gasteiger partial charge in [0, 0.05) is 32.9 Å². The normalized spacial score (nSPS) is 22.5. The van der Waals surface area contributed by atoms with Crippen LogP contribution >= 0.6 is 0 Å². The molecule has 9 nitrogen and oxygen atoms in total. The van der Waals surface area contributed by atoms with E-state index in [4.69, 9.17) is 0 Å². The quantitative estimate of drug-likeness (QED) is 0.752. The summed E-state index contributed by atoms with van der Waals surface area (Å²) in [6.45, 7) is 6.14. The molecule has 2 atom stereocenters. The molecular weight excluding hydrogens is 334 g/mol. The SMILES string of the molecule is CCN(CC)c1ccc(C=NN2N=NC3C(=O)N(C)C(=O)N(C)C32)cc1. The number of hydrogen-bond acceptors (Lipinski definition) is 7. The van der Waals surface area contributed by atoms with E-state index >= 15 is 0 Å². The van der Waals surface area contributed by atoms with E-state index in [1.807, 2.05) is 24.3 Å². The van der Waals surface area contributed by atoms with Crippen LogP contribution < -0.4 is 4.90 Å². The third-order valence-electron chi connectivity index (χ3n) is 4.70. The molecule has 1 aromatic carbocycles. The first-order valence-corrected chi connectivity index (χ1v) is 8.61. The molecule has 2 heterocycles. The molecule has 0 N–H and O–H groups in total. The van der Waals surface area contributed by atoms with Crippen molar-refractivity contribution in [3.05, 3.63) is 29.8 Å². The van der Waals surface area contributed by atoms with E-state index in [1.54, 1.807) is 13.3 Å². The van der Waals surface area contributed by atoms with E-state index in [2.05, 4.69) is 34.2 Å². The summed E-state index contributed by atoms with van der Waals surface area (Å²) in [4.78, 5) is 29.0. The first-order chi connectivity index (χ1) is 12.5. The number of hydrogen-bond donors (Lipinski definition) is 0. The van der Waals surface area contributed by atoms with Crippen LogP contribution in [0.1, 0.15) is 19.4 Å². The van der Waals surface area contributed by atoms with Crippen molar-refractivity contribution >= 4 is 23.8 Å². The summed E-state index contributed by atoms with van der Waals surface area (Å²) in [6, 6.07) is 6.87. The highest BCUT2D eigenvalue weighted by atomic mass is 16.2. The van der Waals surface area contributed by atoms with Gasteiger partial charge in [0.2, 0.25) is 0 Å². The van der Waals surface area contributed by atoms with Crippen molar-refractivity contribution < 1.29 is 9.59 Å². The van der Waals surface area contributed by atoms with Crippen LogP contribution in [0.4, 0.5) is 10.5 Å². The van der Waals surface area contributed by atoms with E-state index in [1.165, 1.54) is 17.1 Å². The molecule has 1 aromatic rings. The average Bonchev–Trinajstić information content (AvgIpc) is 3.09. The number of rotatable bonds is 5. The molecule has 0 radical (unpaired) electrons. The molecule has 0 spiro atoms. The predicted molar refractivity (Wildman–Crippen MR) is 97.8 cm³/mol. The van der Waals surface area contributed by atoms with Crippen LogP contribution in [-0.2, 0) is 4.79 Å². The summed E-state index contributed by atoms with van der Waals surface area (Å²) >= 11 is 0. The number of carbonyl (C=O) groups excluding carboxylic acids is 2. The molecule has 26 heavy (non-hydrogen) atoms. The van der Waals surface area contributed by atoms with Gasteiger partial charge in [0.25, 0.3) is 5.91 Å². The van der Waals surface area contributed by atoms with Gasteiger partial charge in [-0.3, -0.25) is 9.69 Å². The lowest BCUT2D eigenvalue weighted by Gasteiger charge is -2.37. The molecule has 0 bridgehead atoms. The Morgan fingerprint density at radius 1 is 1.15 bits per heavy atom. The first-order valence-electron chi connectivity index (χ1n) is 8.61. The highest BCUT2D eigenvalue weighted by Crippen LogP contribution is 2.27. The minimum atomic E-state index is -0.745. The summed E-state index contributed by atoms with van der Waals surface area (Å²) in [5, 5.41) is 13.5. The van der Waals surface area contributed by atoms with Crippen LogP contribution in [-0.4, -0.2) is 72.5 Å². The van der Waals surface area contributed by atoms with Crippen molar-refractivity contribution in [3.8, 4) is 0 Å². The van der Waals surface area contributed by atoms with Crippen molar-refractivity contribution in [2.45, 2.75) is 26.1 Å². The molecule has 9 heteroatoms. The zero-order chi connectivity index (χ0) is 18.8. The predicted octanol–water partition coefficient (Wildman–Crippen LogP) is 1.77. The van der Waals surface area contributed by atoms with E-state index in [9.17, 15) is 9.59 Å². The molecule has 1 saturated heterocycles. The van der Waals surface area contributed by atoms with E-state index < -0.39 is 18.2 Å². The number of urea groups is 1. The third-order valence-corrected chi connectivity index (χ3v) is 4.70. The minimum Gasteiger partial charge on any atom is -0.372 e. The Morgan fingerprint density at radius 3 is 2.42 bits per heavy atom. The van der Waals surface area contributed by atoms with Crippen LogP contribution in [0.25, 0.3) is 0 Å². The van der Waals surface area contributed by atoms with Gasteiger partial charge in [0.05, 0.1) is 6.21 Å². The molecule has 2 unspecified atom stereocenters. The molecular formula is C17H23N7O2. The van der Waals surface area contributed by atoms with Crippen molar-refractivity contribution in [1.29, 1.82) is 0 Å². The molecule has 2 aliphatic rings. The van der Waals surface area contributed by atoms with Crippen LogP contribution in [0.5, 0.6) is 0 Å². The number of imide groups is 1. The zero-order valence-electron chi connectivity index (χ0n) is 15.4. The maximum Gasteiger partial charge on any atom is 0.328 e. The topological polar surface area (TPSA) is 84.2 Å². The van der Waals surface area contributed by atoms with Crippen molar-refractivity contribution in [2.75, 3.05) is 32.1 Å². The Labute approximate surface area is 152 Å². The van der Waals surface area contributed by atoms with Gasteiger partial charge in [0.1, 0.15) is 0 Å². The van der Waals surface area contributed by atoms with Crippen LogP contribution in [0, 0.1) is 0 Å². The second-order valence-corrected chi connectivity index (χ2v) is 6.18. The van der Waals surface area contributed by atoms with E-state index in [0.717, 1.165) is 29.2 Å². The molecule has 1 fully saturated rings. The molecule has 3 rings (SSSR count). The van der Waals surface area contributed by atoms with Gasteiger partial charge >= 0.3 is 6.03 Å². The standard InChI is InChI=1S/C17H23N7O2/c1-5-23(6-2)13-9-7-12(8-10-13)11-18-24-15-14(19-20-24)16(25)22(4)17(26)21(15)3/h7-11,14-15H,5-6H2,1-4H3. The Morgan fingerprint density at radius 2 is 1.81 bits per heavy atom. The molecule has 0 saturated carbocycles. The number of anilines is 1. The van der Waals surface area contributed by atoms with Gasteiger partial charge < -0.3 is 9.80 Å². The van der Waals surface area contributed by atoms with Crippen LogP contribution in [0.3, 0.4) is 0 Å². The molecule has 0 aliphatic carbocycles. The van der Waals surface area contributed by atoms with Gasteiger partial charge in [-0.1, -0.05) is 17.4 Å². The number of carbonyl (C=O) groups is 2. The fourth-order valence-electron chi connectivity index (χ4n) is 3.11. The molecule has 138 valence electrons. The van der Waals surface area contributed by atoms with Crippen LogP contribution in [0.15, 0.2) is 39.7 Å². The summed E-state index contributed by atoms with van der Waals surface area (Å²) in [7, 11) is 3.05. The molecule has 3 amide bonds. The van der Waals surface area contributed by atoms with E-state index in [0.29, 0.717) is 0 Å². The highest BCUT2D eigenvalue weighted by molar-refractivity contribution is 6.00. The Kier molecular flexibility index (Phi) is 4.88. The second-order valence-electron chi connectivity index (χ2n) is 6.18. The number of benzene rings is 1. The lowest BCUT2D eigenvalue weighted by atomic mass is 10.1. The first kappa shape index (κ1) is 17.8. The maximum absolute atomic E-state index is 12.2. The second kappa shape index (κ2) is 7.11. The van der Waals surface area contributed by atoms with Crippen molar-refractivity contribution in [1.82, 2.24) is 14.9 Å². The van der Waals surface area contributed by atoms with E-state index in [-0.39, 0.29) is 5.91 Å². The fraction of sp³-hybridized carbons (Fsp3) is 0.471.